The molecule has 0 radical (unpaired) electrons. The Balaban J connectivity index is 3.29. The maximum absolute atomic E-state index is 10.1. The number of hydrogen-bond acceptors (Lipinski definition) is 2. The van der Waals surface area contributed by atoms with Gasteiger partial charge in [-0.1, -0.05) is 136 Å². The Morgan fingerprint density at radius 3 is 1.10 bits per heavy atom. The number of hydrogen-bond donors (Lipinski definition) is 2. The Kier molecular flexibility index (Phi) is 25.1. The monoisotopic (exact) mass is 426 g/mol. The highest BCUT2D eigenvalue weighted by Crippen LogP contribution is 2.19. The third kappa shape index (κ3) is 22.6. The molecule has 0 heterocycles. The number of aliphatic hydroxyl groups is 2. The van der Waals surface area contributed by atoms with Gasteiger partial charge in [0.1, 0.15) is 0 Å². The predicted molar refractivity (Wildman–Crippen MR) is 134 cm³/mol. The fraction of sp³-hybridized carbons (Fsp3) is 1.00. The highest BCUT2D eigenvalue weighted by molar-refractivity contribution is 4.60. The summed E-state index contributed by atoms with van der Waals surface area (Å²) >= 11 is 0. The topological polar surface area (TPSA) is 40.5 Å². The summed E-state index contributed by atoms with van der Waals surface area (Å²) in [5.41, 5.74) is 0. The van der Waals surface area contributed by atoms with E-state index in [1.807, 2.05) is 0 Å². The zero-order valence-electron chi connectivity index (χ0n) is 21.0. The molecule has 2 unspecified atom stereocenters. The zero-order chi connectivity index (χ0) is 22.1. The van der Waals surface area contributed by atoms with Crippen molar-refractivity contribution >= 4 is 0 Å². The lowest BCUT2D eigenvalue weighted by Crippen LogP contribution is -2.06. The van der Waals surface area contributed by atoms with E-state index in [1.54, 1.807) is 0 Å². The summed E-state index contributed by atoms with van der Waals surface area (Å²) in [4.78, 5) is 0. The van der Waals surface area contributed by atoms with Gasteiger partial charge in [0.2, 0.25) is 0 Å². The van der Waals surface area contributed by atoms with Crippen molar-refractivity contribution in [2.45, 2.75) is 168 Å². The van der Waals surface area contributed by atoms with Gasteiger partial charge < -0.3 is 10.2 Å². The van der Waals surface area contributed by atoms with Crippen LogP contribution in [0.3, 0.4) is 0 Å². The van der Waals surface area contributed by atoms with Crippen LogP contribution in [0.5, 0.6) is 0 Å². The Morgan fingerprint density at radius 2 is 0.733 bits per heavy atom. The molecule has 0 amide bonds. The van der Waals surface area contributed by atoms with Crippen molar-refractivity contribution < 1.29 is 10.2 Å². The molecule has 2 N–H and O–H groups in total. The molecule has 0 fully saturated rings. The van der Waals surface area contributed by atoms with Crippen molar-refractivity contribution in [3.05, 3.63) is 0 Å². The second-order valence-corrected chi connectivity index (χ2v) is 9.87. The van der Waals surface area contributed by atoms with E-state index in [9.17, 15) is 10.2 Å². The summed E-state index contributed by atoms with van der Waals surface area (Å²) in [7, 11) is 0. The van der Waals surface area contributed by atoms with Gasteiger partial charge in [0.15, 0.2) is 0 Å². The molecule has 0 rings (SSSR count). The minimum Gasteiger partial charge on any atom is -0.396 e. The molecule has 0 aromatic carbocycles. The van der Waals surface area contributed by atoms with E-state index in [1.165, 1.54) is 135 Å². The second-order valence-electron chi connectivity index (χ2n) is 9.87. The summed E-state index contributed by atoms with van der Waals surface area (Å²) in [6, 6.07) is 0. The van der Waals surface area contributed by atoms with E-state index >= 15 is 0 Å². The molecule has 0 saturated heterocycles. The molecular weight excluding hydrogens is 368 g/mol. The van der Waals surface area contributed by atoms with Gasteiger partial charge >= 0.3 is 0 Å². The maximum Gasteiger partial charge on any atom is 0.0540 e. The number of unbranched alkanes of at least 4 members (excludes halogenated alkanes) is 16. The highest BCUT2D eigenvalue weighted by atomic mass is 16.3. The molecule has 0 spiro atoms. The first-order valence-corrected chi connectivity index (χ1v) is 14.0. The molecule has 0 bridgehead atoms. The van der Waals surface area contributed by atoms with Gasteiger partial charge in [0.05, 0.1) is 6.10 Å². The first kappa shape index (κ1) is 29.9. The molecule has 0 aromatic rings. The van der Waals surface area contributed by atoms with E-state index in [2.05, 4.69) is 13.8 Å². The summed E-state index contributed by atoms with van der Waals surface area (Å²) in [6.45, 7) is 4.91. The molecule has 0 aliphatic carbocycles. The fourth-order valence-corrected chi connectivity index (χ4v) is 4.54. The van der Waals surface area contributed by atoms with Gasteiger partial charge in [-0.3, -0.25) is 0 Å². The largest absolute Gasteiger partial charge is 0.396 e. The molecule has 30 heavy (non-hydrogen) atoms. The SMILES string of the molecule is CCCCCCCCCC(O)CCCCCCCCCCC(CO)CCCCCC. The van der Waals surface area contributed by atoms with Crippen molar-refractivity contribution in [3.63, 3.8) is 0 Å². The minimum absolute atomic E-state index is 0.0536. The summed E-state index contributed by atoms with van der Waals surface area (Å²) in [5, 5.41) is 19.6. The van der Waals surface area contributed by atoms with Crippen molar-refractivity contribution in [2.75, 3.05) is 6.61 Å². The molecule has 182 valence electrons. The molecule has 0 aliphatic rings. The maximum atomic E-state index is 10.1. The van der Waals surface area contributed by atoms with Crippen molar-refractivity contribution in [1.29, 1.82) is 0 Å². The van der Waals surface area contributed by atoms with Crippen molar-refractivity contribution in [2.24, 2.45) is 5.92 Å². The molecule has 2 nitrogen and oxygen atoms in total. The van der Waals surface area contributed by atoms with Crippen LogP contribution in [-0.2, 0) is 0 Å². The van der Waals surface area contributed by atoms with Gasteiger partial charge in [0.25, 0.3) is 0 Å². The third-order valence-electron chi connectivity index (χ3n) is 6.76. The Bertz CT molecular complexity index is 305. The standard InChI is InChI=1S/C28H58O2/c1-3-5-7-9-12-16-20-24-28(30)25-21-17-14-11-10-13-15-19-23-27(26-29)22-18-8-6-4-2/h27-30H,3-26H2,1-2H3. The van der Waals surface area contributed by atoms with Crippen LogP contribution in [-0.4, -0.2) is 22.9 Å². The number of rotatable bonds is 25. The molecule has 0 aromatic heterocycles. The van der Waals surface area contributed by atoms with Crippen molar-refractivity contribution in [1.82, 2.24) is 0 Å². The molecular formula is C28H58O2. The van der Waals surface area contributed by atoms with Crippen LogP contribution in [0.1, 0.15) is 162 Å². The van der Waals surface area contributed by atoms with Crippen LogP contribution in [0.4, 0.5) is 0 Å². The highest BCUT2D eigenvalue weighted by Gasteiger charge is 2.07. The van der Waals surface area contributed by atoms with Crippen molar-refractivity contribution in [3.8, 4) is 0 Å². The van der Waals surface area contributed by atoms with Gasteiger partial charge in [-0.05, 0) is 31.6 Å². The van der Waals surface area contributed by atoms with Gasteiger partial charge in [-0.15, -0.1) is 0 Å². The van der Waals surface area contributed by atoms with E-state index in [4.69, 9.17) is 0 Å². The normalized spacial score (nSPS) is 13.6. The lowest BCUT2D eigenvalue weighted by Gasteiger charge is -2.13. The molecule has 2 atom stereocenters. The average Bonchev–Trinajstić information content (AvgIpc) is 2.75. The lowest BCUT2D eigenvalue weighted by atomic mass is 9.95. The van der Waals surface area contributed by atoms with Crippen LogP contribution in [0.2, 0.25) is 0 Å². The fourth-order valence-electron chi connectivity index (χ4n) is 4.54. The minimum atomic E-state index is -0.0536. The second kappa shape index (κ2) is 25.2. The molecule has 2 heteroatoms. The van der Waals surface area contributed by atoms with Crippen LogP contribution in [0.15, 0.2) is 0 Å². The summed E-state index contributed by atoms with van der Waals surface area (Å²) in [6.07, 6.45) is 29.6. The Morgan fingerprint density at radius 1 is 0.433 bits per heavy atom. The predicted octanol–water partition coefficient (Wildman–Crippen LogP) is 8.97. The smallest absolute Gasteiger partial charge is 0.0540 e. The molecule has 0 aliphatic heterocycles. The average molecular weight is 427 g/mol. The number of aliphatic hydroxyl groups excluding tert-OH is 2. The Hall–Kier alpha value is -0.0800. The van der Waals surface area contributed by atoms with Crippen LogP contribution >= 0.6 is 0 Å². The first-order valence-electron chi connectivity index (χ1n) is 14.0. The van der Waals surface area contributed by atoms with Crippen LogP contribution in [0, 0.1) is 5.92 Å². The van der Waals surface area contributed by atoms with E-state index in [0.29, 0.717) is 12.5 Å². The van der Waals surface area contributed by atoms with Crippen LogP contribution < -0.4 is 0 Å². The summed E-state index contributed by atoms with van der Waals surface area (Å²) < 4.78 is 0. The quantitative estimate of drug-likeness (QED) is 0.143. The molecule has 0 saturated carbocycles. The van der Waals surface area contributed by atoms with Gasteiger partial charge in [-0.25, -0.2) is 0 Å². The Labute approximate surface area is 190 Å². The summed E-state index contributed by atoms with van der Waals surface area (Å²) in [5.74, 6) is 0.550. The van der Waals surface area contributed by atoms with Gasteiger partial charge in [0, 0.05) is 6.61 Å². The first-order chi connectivity index (χ1) is 14.7. The van der Waals surface area contributed by atoms with Crippen LogP contribution in [0.25, 0.3) is 0 Å². The van der Waals surface area contributed by atoms with E-state index in [-0.39, 0.29) is 6.10 Å². The third-order valence-corrected chi connectivity index (χ3v) is 6.76. The lowest BCUT2D eigenvalue weighted by molar-refractivity contribution is 0.147. The van der Waals surface area contributed by atoms with Gasteiger partial charge in [-0.2, -0.15) is 0 Å². The van der Waals surface area contributed by atoms with E-state index < -0.39 is 0 Å². The van der Waals surface area contributed by atoms with E-state index in [0.717, 1.165) is 12.8 Å². The zero-order valence-corrected chi connectivity index (χ0v) is 21.0.